The largest absolute Gasteiger partial charge is 3.00 e. The molecular formula is C15H27Al2O12P3. The van der Waals surface area contributed by atoms with Gasteiger partial charge >= 0.3 is 34.7 Å². The van der Waals surface area contributed by atoms with Crippen LogP contribution in [0, 0.1) is 0 Å². The molecule has 32 heavy (non-hydrogen) atoms. The van der Waals surface area contributed by atoms with E-state index in [9.17, 15) is 58.1 Å². The number of carboxylic acids is 3. The van der Waals surface area contributed by atoms with Crippen LogP contribution in [0.5, 0.6) is 0 Å². The minimum atomic E-state index is -3.40. The van der Waals surface area contributed by atoms with E-state index in [2.05, 4.69) is 0 Å². The molecule has 0 radical (unpaired) electrons. The van der Waals surface area contributed by atoms with Crippen molar-refractivity contribution in [2.24, 2.45) is 0 Å². The molecule has 0 aliphatic heterocycles. The van der Waals surface area contributed by atoms with Crippen molar-refractivity contribution in [3.63, 3.8) is 0 Å². The molecule has 0 N–H and O–H groups in total. The number of carbonyl (C=O) groups excluding carboxylic acids is 3. The van der Waals surface area contributed by atoms with Crippen molar-refractivity contribution in [3.8, 4) is 0 Å². The first-order valence-corrected chi connectivity index (χ1v) is 14.9. The van der Waals surface area contributed by atoms with Gasteiger partial charge in [-0.3, -0.25) is 0 Å². The maximum atomic E-state index is 10.6. The first kappa shape index (κ1) is 42.2. The van der Waals surface area contributed by atoms with Crippen LogP contribution in [-0.4, -0.2) is 89.6 Å². The Kier molecular flexibility index (Phi) is 28.5. The third-order valence-electron chi connectivity index (χ3n) is 3.42. The van der Waals surface area contributed by atoms with E-state index in [1.807, 2.05) is 0 Å². The monoisotopic (exact) mass is 546 g/mol. The molecule has 0 spiro atoms. The van der Waals surface area contributed by atoms with Crippen LogP contribution in [0.2, 0.25) is 0 Å². The number of carboxylic acid groups (broad SMARTS) is 3. The molecule has 180 valence electrons. The summed E-state index contributed by atoms with van der Waals surface area (Å²) in [5.74, 6) is -3.95. The predicted octanol–water partition coefficient (Wildman–Crippen LogP) is -4.41. The summed E-state index contributed by atoms with van der Waals surface area (Å²) in [5.41, 5.74) is 0. The molecule has 0 saturated heterocycles. The Balaban J connectivity index is -0.000000110. The molecule has 0 aromatic rings. The van der Waals surface area contributed by atoms with Crippen LogP contribution >= 0.6 is 22.1 Å². The Hall–Kier alpha value is 0.0449. The Bertz CT molecular complexity index is 596. The van der Waals surface area contributed by atoms with Gasteiger partial charge in [0.05, 0.1) is 0 Å². The van der Waals surface area contributed by atoms with Gasteiger partial charge in [-0.25, -0.2) is 0 Å². The van der Waals surface area contributed by atoms with E-state index < -0.39 is 59.3 Å². The number of hydrogen-bond acceptors (Lipinski definition) is 12. The first-order valence-electron chi connectivity index (χ1n) is 8.90. The van der Waals surface area contributed by atoms with Crippen LogP contribution in [-0.2, 0) is 28.1 Å². The van der Waals surface area contributed by atoms with Gasteiger partial charge in [-0.2, -0.15) is 0 Å². The number of carbonyl (C=O) groups is 3. The van der Waals surface area contributed by atoms with Crippen molar-refractivity contribution in [1.29, 1.82) is 0 Å². The topological polar surface area (TPSA) is 241 Å². The molecule has 0 aliphatic rings. The summed E-state index contributed by atoms with van der Waals surface area (Å²) in [4.78, 5) is 61.3. The van der Waals surface area contributed by atoms with E-state index in [0.717, 1.165) is 0 Å². The molecule has 0 rings (SSSR count). The smallest absolute Gasteiger partial charge is 0.799 e. The number of hydrogen-bond donors (Lipinski definition) is 0. The first-order chi connectivity index (χ1) is 13.4. The van der Waals surface area contributed by atoms with Gasteiger partial charge in [0.15, 0.2) is 0 Å². The molecule has 0 bridgehead atoms. The zero-order valence-electron chi connectivity index (χ0n) is 18.3. The maximum Gasteiger partial charge on any atom is 3.00 e. The summed E-state index contributed by atoms with van der Waals surface area (Å²) in [7, 11) is -10.2. The SMILES string of the molecule is CCP(=O)([O-])CCC(=O)[O-].CCP(=O)([O-])CCC(=O)[O-].CCP(=O)([O-])CCC(=O)[O-].[Al+3].[Al+3]. The van der Waals surface area contributed by atoms with Crippen molar-refractivity contribution in [2.75, 3.05) is 37.0 Å². The Labute approximate surface area is 209 Å². The van der Waals surface area contributed by atoms with Gasteiger partial charge in [0.25, 0.3) is 0 Å². The van der Waals surface area contributed by atoms with Crippen LogP contribution in [0.4, 0.5) is 0 Å². The molecular weight excluding hydrogens is 519 g/mol. The molecule has 0 aliphatic carbocycles. The van der Waals surface area contributed by atoms with Crippen LogP contribution in [0.3, 0.4) is 0 Å². The van der Waals surface area contributed by atoms with E-state index in [-0.39, 0.29) is 71.7 Å². The fourth-order valence-corrected chi connectivity index (χ4v) is 3.78. The minimum absolute atomic E-state index is 0. The molecule has 0 amide bonds. The van der Waals surface area contributed by atoms with Crippen molar-refractivity contribution in [3.05, 3.63) is 0 Å². The fourth-order valence-electron chi connectivity index (χ4n) is 1.26. The minimum Gasteiger partial charge on any atom is -0.799 e. The standard InChI is InChI=1S/3C5H11O4P.2Al/c3*1-2-10(8,9)4-3-5(6)7;;/h3*2-4H2,1H3,(H,6,7)(H,8,9);;/q;;;2*+3/p-6. The van der Waals surface area contributed by atoms with Gasteiger partial charge in [-0.15, -0.1) is 0 Å². The van der Waals surface area contributed by atoms with E-state index in [0.29, 0.717) is 0 Å². The number of rotatable bonds is 12. The van der Waals surface area contributed by atoms with Crippen LogP contribution in [0.25, 0.3) is 0 Å². The zero-order chi connectivity index (χ0) is 24.6. The predicted molar refractivity (Wildman–Crippen MR) is 109 cm³/mol. The molecule has 0 fully saturated rings. The van der Waals surface area contributed by atoms with E-state index in [1.165, 1.54) is 20.8 Å². The molecule has 0 saturated carbocycles. The quantitative estimate of drug-likeness (QED) is 0.166. The average Bonchev–Trinajstić information content (AvgIpc) is 2.64. The fraction of sp³-hybridized carbons (Fsp3) is 0.800. The Morgan fingerprint density at radius 1 is 0.531 bits per heavy atom. The van der Waals surface area contributed by atoms with Crippen molar-refractivity contribution in [1.82, 2.24) is 0 Å². The number of aliphatic carboxylic acids is 3. The maximum absolute atomic E-state index is 10.6. The summed E-state index contributed by atoms with van der Waals surface area (Å²) < 4.78 is 31.9. The van der Waals surface area contributed by atoms with Crippen molar-refractivity contribution >= 4 is 74.7 Å². The normalized spacial score (nSPS) is 15.2. The molecule has 3 atom stereocenters. The summed E-state index contributed by atoms with van der Waals surface area (Å²) in [6.07, 6.45) is -2.00. The van der Waals surface area contributed by atoms with Crippen LogP contribution in [0.15, 0.2) is 0 Å². The van der Waals surface area contributed by atoms with E-state index in [1.54, 1.807) is 0 Å². The second-order valence-corrected chi connectivity index (χ2v) is 14.1. The van der Waals surface area contributed by atoms with Gasteiger partial charge in [-0.1, -0.05) is 20.8 Å². The summed E-state index contributed by atoms with van der Waals surface area (Å²) >= 11 is 0. The summed E-state index contributed by atoms with van der Waals surface area (Å²) in [6, 6.07) is 0. The van der Waals surface area contributed by atoms with Gasteiger partial charge < -0.3 is 58.1 Å². The Morgan fingerprint density at radius 2 is 0.688 bits per heavy atom. The molecule has 3 unspecified atom stereocenters. The summed E-state index contributed by atoms with van der Waals surface area (Å²) in [6.45, 7) is 4.47. The van der Waals surface area contributed by atoms with Gasteiger partial charge in [0.2, 0.25) is 0 Å². The molecule has 0 heterocycles. The van der Waals surface area contributed by atoms with Crippen molar-refractivity contribution < 1.29 is 58.1 Å². The van der Waals surface area contributed by atoms with Gasteiger partial charge in [0.1, 0.15) is 0 Å². The van der Waals surface area contributed by atoms with Crippen LogP contribution in [0.1, 0.15) is 40.0 Å². The average molecular weight is 546 g/mol. The second kappa shape index (κ2) is 21.6. The van der Waals surface area contributed by atoms with Crippen molar-refractivity contribution in [2.45, 2.75) is 40.0 Å². The third kappa shape index (κ3) is 34.7. The van der Waals surface area contributed by atoms with E-state index >= 15 is 0 Å². The van der Waals surface area contributed by atoms with Crippen LogP contribution < -0.4 is 30.0 Å². The Morgan fingerprint density at radius 3 is 0.781 bits per heavy atom. The molecule has 0 aromatic heterocycles. The zero-order valence-corrected chi connectivity index (χ0v) is 23.3. The molecule has 17 heteroatoms. The second-order valence-electron chi connectivity index (χ2n) is 5.93. The molecule has 0 aromatic carbocycles. The van der Waals surface area contributed by atoms with E-state index in [4.69, 9.17) is 0 Å². The van der Waals surface area contributed by atoms with Gasteiger partial charge in [0, 0.05) is 40.0 Å². The third-order valence-corrected chi connectivity index (χ3v) is 9.02. The molecule has 12 nitrogen and oxygen atoms in total. The van der Waals surface area contributed by atoms with Gasteiger partial charge in [-0.05, 0) is 56.2 Å². The summed E-state index contributed by atoms with van der Waals surface area (Å²) in [5, 5.41) is 29.4.